The van der Waals surface area contributed by atoms with Gasteiger partial charge in [-0.2, -0.15) is 13.2 Å². The Bertz CT molecular complexity index is 679. The number of carboxylic acid groups (broad SMARTS) is 1. The number of hydrogen-bond donors (Lipinski definition) is 1. The van der Waals surface area contributed by atoms with Crippen LogP contribution in [0, 0.1) is 0 Å². The van der Waals surface area contributed by atoms with Crippen molar-refractivity contribution in [1.29, 1.82) is 0 Å². The van der Waals surface area contributed by atoms with Crippen LogP contribution >= 0.6 is 0 Å². The quantitative estimate of drug-likeness (QED) is 0.862. The summed E-state index contributed by atoms with van der Waals surface area (Å²) in [7, 11) is 0. The number of likely N-dealkylation sites (tertiary alicyclic amines) is 1. The van der Waals surface area contributed by atoms with Crippen molar-refractivity contribution >= 4 is 12.1 Å². The number of benzene rings is 1. The number of aromatic carboxylic acids is 1. The maximum Gasteiger partial charge on any atom is 0.416 e. The van der Waals surface area contributed by atoms with E-state index < -0.39 is 40.9 Å². The Hall–Kier alpha value is -2.25. The molecule has 1 aliphatic rings. The first kappa shape index (κ1) is 19.1. The Morgan fingerprint density at radius 2 is 1.88 bits per heavy atom. The van der Waals surface area contributed by atoms with E-state index in [0.717, 1.165) is 6.07 Å². The van der Waals surface area contributed by atoms with Gasteiger partial charge in [0.25, 0.3) is 0 Å². The Kier molecular flexibility index (Phi) is 5.02. The second kappa shape index (κ2) is 6.57. The van der Waals surface area contributed by atoms with Crippen LogP contribution in [0.25, 0.3) is 0 Å². The highest BCUT2D eigenvalue weighted by molar-refractivity contribution is 5.88. The molecular weight excluding hydrogens is 339 g/mol. The molecule has 5 nitrogen and oxygen atoms in total. The molecule has 0 aliphatic carbocycles. The fraction of sp³-hybridized carbons (Fsp3) is 0.529. The first-order chi connectivity index (χ1) is 11.4. The van der Waals surface area contributed by atoms with Crippen LogP contribution in [-0.2, 0) is 10.9 Å². The normalized spacial score (nSPS) is 18.3. The maximum atomic E-state index is 13.3. The van der Waals surface area contributed by atoms with Gasteiger partial charge in [0.15, 0.2) is 0 Å². The van der Waals surface area contributed by atoms with E-state index in [9.17, 15) is 22.8 Å². The summed E-state index contributed by atoms with van der Waals surface area (Å²) in [5.74, 6) is -1.94. The third-order valence-corrected chi connectivity index (χ3v) is 3.89. The summed E-state index contributed by atoms with van der Waals surface area (Å²) in [6.45, 7) is 5.53. The summed E-state index contributed by atoms with van der Waals surface area (Å²) in [6, 6.07) is 2.99. The number of carbonyl (C=O) groups is 2. The van der Waals surface area contributed by atoms with Gasteiger partial charge in [0.05, 0.1) is 11.1 Å². The minimum atomic E-state index is -4.67. The van der Waals surface area contributed by atoms with Gasteiger partial charge in [-0.3, -0.25) is 0 Å². The number of alkyl halides is 3. The Balaban J connectivity index is 2.25. The van der Waals surface area contributed by atoms with E-state index in [0.29, 0.717) is 12.5 Å². The summed E-state index contributed by atoms with van der Waals surface area (Å²) in [4.78, 5) is 24.4. The summed E-state index contributed by atoms with van der Waals surface area (Å²) in [6.07, 6.45) is -4.87. The molecule has 1 unspecified atom stereocenters. The highest BCUT2D eigenvalue weighted by atomic mass is 19.4. The second-order valence-corrected chi connectivity index (χ2v) is 7.02. The number of amides is 1. The molecule has 25 heavy (non-hydrogen) atoms. The first-order valence-corrected chi connectivity index (χ1v) is 7.81. The van der Waals surface area contributed by atoms with E-state index in [4.69, 9.17) is 9.84 Å². The molecule has 8 heteroatoms. The number of nitrogens with zero attached hydrogens (tertiary/aromatic N) is 1. The number of hydrogen-bond acceptors (Lipinski definition) is 3. The molecule has 1 saturated heterocycles. The van der Waals surface area contributed by atoms with Gasteiger partial charge in [-0.1, -0.05) is 6.07 Å². The zero-order valence-electron chi connectivity index (χ0n) is 14.2. The lowest BCUT2D eigenvalue weighted by Crippen LogP contribution is -2.35. The van der Waals surface area contributed by atoms with E-state index in [1.165, 1.54) is 11.0 Å². The van der Waals surface area contributed by atoms with Crippen LogP contribution in [-0.4, -0.2) is 40.8 Å². The van der Waals surface area contributed by atoms with Gasteiger partial charge in [-0.05, 0) is 44.9 Å². The van der Waals surface area contributed by atoms with Crippen molar-refractivity contribution in [3.05, 3.63) is 34.9 Å². The average Bonchev–Trinajstić information content (AvgIpc) is 2.93. The molecule has 138 valence electrons. The number of ether oxygens (including phenoxy) is 1. The van der Waals surface area contributed by atoms with Crippen molar-refractivity contribution in [2.24, 2.45) is 0 Å². The monoisotopic (exact) mass is 359 g/mol. The summed E-state index contributed by atoms with van der Waals surface area (Å²) in [5.41, 5.74) is -2.07. The van der Waals surface area contributed by atoms with Crippen LogP contribution in [0.1, 0.15) is 54.6 Å². The van der Waals surface area contributed by atoms with E-state index >= 15 is 0 Å². The molecule has 1 amide bonds. The van der Waals surface area contributed by atoms with Gasteiger partial charge in [0.1, 0.15) is 5.60 Å². The number of rotatable bonds is 2. The number of halogens is 3. The number of carboxylic acids is 1. The molecule has 1 aromatic rings. The van der Waals surface area contributed by atoms with Crippen LogP contribution in [0.3, 0.4) is 0 Å². The molecule has 2 rings (SSSR count). The molecule has 0 radical (unpaired) electrons. The van der Waals surface area contributed by atoms with Gasteiger partial charge in [-0.15, -0.1) is 0 Å². The molecule has 1 aliphatic heterocycles. The standard InChI is InChI=1S/C17H20F3NO4/c1-16(2,3)25-15(24)21-7-6-11(9-21)12-5-4-10(14(22)23)8-13(12)17(18,19)20/h4-5,8,11H,6-7,9H2,1-3H3,(H,22,23). The average molecular weight is 359 g/mol. The van der Waals surface area contributed by atoms with Crippen molar-refractivity contribution in [2.45, 2.75) is 44.9 Å². The third kappa shape index (κ3) is 4.64. The van der Waals surface area contributed by atoms with Crippen LogP contribution in [0.2, 0.25) is 0 Å². The fourth-order valence-electron chi connectivity index (χ4n) is 2.80. The molecule has 1 atom stereocenters. The maximum absolute atomic E-state index is 13.3. The summed E-state index contributed by atoms with van der Waals surface area (Å²) >= 11 is 0. The van der Waals surface area contributed by atoms with Crippen molar-refractivity contribution in [3.8, 4) is 0 Å². The predicted octanol–water partition coefficient (Wildman–Crippen LogP) is 4.13. The van der Waals surface area contributed by atoms with E-state index in [1.54, 1.807) is 20.8 Å². The van der Waals surface area contributed by atoms with Gasteiger partial charge in [0, 0.05) is 19.0 Å². The summed E-state index contributed by atoms with van der Waals surface area (Å²) < 4.78 is 45.2. The topological polar surface area (TPSA) is 66.8 Å². The van der Waals surface area contributed by atoms with Crippen LogP contribution < -0.4 is 0 Å². The van der Waals surface area contributed by atoms with Crippen molar-refractivity contribution < 1.29 is 32.6 Å². The number of carbonyl (C=O) groups excluding carboxylic acids is 1. The highest BCUT2D eigenvalue weighted by Gasteiger charge is 2.39. The zero-order chi connectivity index (χ0) is 19.0. The Morgan fingerprint density at radius 3 is 2.40 bits per heavy atom. The lowest BCUT2D eigenvalue weighted by atomic mass is 9.91. The lowest BCUT2D eigenvalue weighted by Gasteiger charge is -2.24. The van der Waals surface area contributed by atoms with Gasteiger partial charge in [-0.25, -0.2) is 9.59 Å². The van der Waals surface area contributed by atoms with E-state index in [1.807, 2.05) is 0 Å². The lowest BCUT2D eigenvalue weighted by molar-refractivity contribution is -0.138. The largest absolute Gasteiger partial charge is 0.478 e. The van der Waals surface area contributed by atoms with Crippen molar-refractivity contribution in [3.63, 3.8) is 0 Å². The van der Waals surface area contributed by atoms with Crippen LogP contribution in [0.5, 0.6) is 0 Å². The first-order valence-electron chi connectivity index (χ1n) is 7.81. The molecule has 1 fully saturated rings. The van der Waals surface area contributed by atoms with Gasteiger partial charge >= 0.3 is 18.2 Å². The predicted molar refractivity (Wildman–Crippen MR) is 83.6 cm³/mol. The molecule has 1 aromatic carbocycles. The molecule has 0 aromatic heterocycles. The molecule has 0 saturated carbocycles. The minimum absolute atomic E-state index is 0.00330. The summed E-state index contributed by atoms with van der Waals surface area (Å²) in [5, 5.41) is 8.92. The smallest absolute Gasteiger partial charge is 0.416 e. The van der Waals surface area contributed by atoms with Gasteiger partial charge in [0.2, 0.25) is 0 Å². The Labute approximate surface area is 143 Å². The molecular formula is C17H20F3NO4. The van der Waals surface area contributed by atoms with Gasteiger partial charge < -0.3 is 14.7 Å². The molecule has 1 N–H and O–H groups in total. The van der Waals surface area contributed by atoms with Crippen LogP contribution in [0.4, 0.5) is 18.0 Å². The minimum Gasteiger partial charge on any atom is -0.478 e. The van der Waals surface area contributed by atoms with E-state index in [-0.39, 0.29) is 18.7 Å². The zero-order valence-corrected chi connectivity index (χ0v) is 14.2. The highest BCUT2D eigenvalue weighted by Crippen LogP contribution is 2.39. The Morgan fingerprint density at radius 1 is 1.24 bits per heavy atom. The van der Waals surface area contributed by atoms with Crippen molar-refractivity contribution in [2.75, 3.05) is 13.1 Å². The third-order valence-electron chi connectivity index (χ3n) is 3.89. The van der Waals surface area contributed by atoms with Crippen LogP contribution in [0.15, 0.2) is 18.2 Å². The fourth-order valence-corrected chi connectivity index (χ4v) is 2.80. The molecule has 1 heterocycles. The van der Waals surface area contributed by atoms with E-state index in [2.05, 4.69) is 0 Å². The SMILES string of the molecule is CC(C)(C)OC(=O)N1CCC(c2ccc(C(=O)O)cc2C(F)(F)F)C1. The second-order valence-electron chi connectivity index (χ2n) is 7.02. The van der Waals surface area contributed by atoms with Crippen molar-refractivity contribution in [1.82, 2.24) is 4.90 Å². The molecule has 0 spiro atoms. The molecule has 0 bridgehead atoms.